The van der Waals surface area contributed by atoms with Crippen molar-refractivity contribution in [1.29, 1.82) is 0 Å². The molecule has 0 aliphatic rings. The van der Waals surface area contributed by atoms with E-state index in [9.17, 15) is 0 Å². The Morgan fingerprint density at radius 3 is 2.44 bits per heavy atom. The van der Waals surface area contributed by atoms with E-state index in [1.807, 2.05) is 13.8 Å². The van der Waals surface area contributed by atoms with Crippen LogP contribution < -0.4 is 0 Å². The quantitative estimate of drug-likeness (QED) is 0.565. The van der Waals surface area contributed by atoms with Crippen LogP contribution in [-0.4, -0.2) is 11.7 Å². The summed E-state index contributed by atoms with van der Waals surface area (Å²) >= 11 is 0. The zero-order valence-electron chi connectivity index (χ0n) is 6.09. The molecule has 0 heterocycles. The van der Waals surface area contributed by atoms with E-state index < -0.39 is 0 Å². The van der Waals surface area contributed by atoms with Crippen molar-refractivity contribution < 1.29 is 5.11 Å². The van der Waals surface area contributed by atoms with Crippen molar-refractivity contribution >= 4 is 0 Å². The summed E-state index contributed by atoms with van der Waals surface area (Å²) in [5, 5.41) is 8.61. The fourth-order valence-corrected chi connectivity index (χ4v) is 0.746. The van der Waals surface area contributed by atoms with Crippen molar-refractivity contribution in [2.75, 3.05) is 6.61 Å². The van der Waals surface area contributed by atoms with Crippen LogP contribution in [0.3, 0.4) is 0 Å². The number of rotatable bonds is 3. The van der Waals surface area contributed by atoms with Crippen LogP contribution in [-0.2, 0) is 0 Å². The summed E-state index contributed by atoms with van der Waals surface area (Å²) in [4.78, 5) is 0. The summed E-state index contributed by atoms with van der Waals surface area (Å²) in [7, 11) is 0. The Morgan fingerprint density at radius 1 is 1.56 bits per heavy atom. The lowest BCUT2D eigenvalue weighted by Crippen LogP contribution is -2.04. The van der Waals surface area contributed by atoms with Crippen LogP contribution >= 0.6 is 0 Å². The number of hydrogen-bond acceptors (Lipinski definition) is 1. The van der Waals surface area contributed by atoms with Gasteiger partial charge in [0.15, 0.2) is 0 Å². The van der Waals surface area contributed by atoms with E-state index in [4.69, 9.17) is 11.5 Å². The summed E-state index contributed by atoms with van der Waals surface area (Å²) < 4.78 is 0. The monoisotopic (exact) mass is 126 g/mol. The standard InChI is InChI=1S/C8H14O/c1-4-7(2)5-8(3)6-9/h1,7-9H,5-6H2,2-3H3. The Hall–Kier alpha value is -0.480. The first-order chi connectivity index (χ1) is 4.20. The molecular formula is C8H14O. The molecule has 1 N–H and O–H groups in total. The highest BCUT2D eigenvalue weighted by Gasteiger charge is 2.03. The van der Waals surface area contributed by atoms with Crippen molar-refractivity contribution in [2.45, 2.75) is 20.3 Å². The predicted octanol–water partition coefficient (Wildman–Crippen LogP) is 1.27. The van der Waals surface area contributed by atoms with E-state index in [1.165, 1.54) is 0 Å². The molecule has 1 nitrogen and oxygen atoms in total. The van der Waals surface area contributed by atoms with E-state index in [-0.39, 0.29) is 6.61 Å². The highest BCUT2D eigenvalue weighted by molar-refractivity contribution is 4.90. The molecule has 0 aromatic heterocycles. The van der Waals surface area contributed by atoms with Gasteiger partial charge < -0.3 is 5.11 Å². The molecule has 0 spiro atoms. The normalized spacial score (nSPS) is 16.2. The van der Waals surface area contributed by atoms with E-state index in [2.05, 4.69) is 5.92 Å². The van der Waals surface area contributed by atoms with Gasteiger partial charge in [-0.2, -0.15) is 0 Å². The highest BCUT2D eigenvalue weighted by atomic mass is 16.3. The van der Waals surface area contributed by atoms with E-state index in [0.717, 1.165) is 6.42 Å². The summed E-state index contributed by atoms with van der Waals surface area (Å²) in [6.07, 6.45) is 6.07. The molecule has 0 bridgehead atoms. The van der Waals surface area contributed by atoms with Gasteiger partial charge in [-0.25, -0.2) is 0 Å². The van der Waals surface area contributed by atoms with Gasteiger partial charge in [0.1, 0.15) is 0 Å². The molecule has 0 aromatic rings. The smallest absolute Gasteiger partial charge is 0.0457 e. The molecule has 1 heteroatoms. The molecule has 0 aromatic carbocycles. The molecule has 2 atom stereocenters. The Balaban J connectivity index is 3.37. The number of aliphatic hydroxyl groups is 1. The second-order valence-electron chi connectivity index (χ2n) is 2.59. The Labute approximate surface area is 57.1 Å². The van der Waals surface area contributed by atoms with Gasteiger partial charge in [-0.3, -0.25) is 0 Å². The van der Waals surface area contributed by atoms with Crippen LogP contribution in [0.5, 0.6) is 0 Å². The minimum Gasteiger partial charge on any atom is -0.396 e. The van der Waals surface area contributed by atoms with Crippen molar-refractivity contribution in [3.05, 3.63) is 0 Å². The Bertz CT molecular complexity index is 102. The maximum Gasteiger partial charge on any atom is 0.0457 e. The summed E-state index contributed by atoms with van der Waals surface area (Å²) in [6.45, 7) is 4.23. The first-order valence-corrected chi connectivity index (χ1v) is 3.27. The SMILES string of the molecule is C#CC(C)CC(C)CO. The Kier molecular flexibility index (Phi) is 4.17. The maximum atomic E-state index is 8.61. The van der Waals surface area contributed by atoms with Crippen molar-refractivity contribution in [3.8, 4) is 12.3 Å². The van der Waals surface area contributed by atoms with Gasteiger partial charge >= 0.3 is 0 Å². The molecule has 52 valence electrons. The molecule has 2 unspecified atom stereocenters. The fourth-order valence-electron chi connectivity index (χ4n) is 0.746. The summed E-state index contributed by atoms with van der Waals surface area (Å²) in [6, 6.07) is 0. The molecule has 0 radical (unpaired) electrons. The first-order valence-electron chi connectivity index (χ1n) is 3.27. The molecular weight excluding hydrogens is 112 g/mol. The third-order valence-corrected chi connectivity index (χ3v) is 1.35. The second-order valence-corrected chi connectivity index (χ2v) is 2.59. The van der Waals surface area contributed by atoms with Gasteiger partial charge in [0, 0.05) is 12.5 Å². The summed E-state index contributed by atoms with van der Waals surface area (Å²) in [5.41, 5.74) is 0. The van der Waals surface area contributed by atoms with Gasteiger partial charge in [0.25, 0.3) is 0 Å². The molecule has 0 saturated heterocycles. The lowest BCUT2D eigenvalue weighted by Gasteiger charge is -2.08. The largest absolute Gasteiger partial charge is 0.396 e. The Morgan fingerprint density at radius 2 is 2.11 bits per heavy atom. The number of hydrogen-bond donors (Lipinski definition) is 1. The molecule has 0 amide bonds. The van der Waals surface area contributed by atoms with E-state index in [1.54, 1.807) is 0 Å². The van der Waals surface area contributed by atoms with E-state index >= 15 is 0 Å². The number of terminal acetylenes is 1. The minimum absolute atomic E-state index is 0.242. The zero-order valence-corrected chi connectivity index (χ0v) is 6.09. The van der Waals surface area contributed by atoms with Gasteiger partial charge in [0.05, 0.1) is 0 Å². The highest BCUT2D eigenvalue weighted by Crippen LogP contribution is 2.08. The molecule has 9 heavy (non-hydrogen) atoms. The van der Waals surface area contributed by atoms with Gasteiger partial charge in [-0.15, -0.1) is 12.3 Å². The predicted molar refractivity (Wildman–Crippen MR) is 38.9 cm³/mol. The van der Waals surface area contributed by atoms with Crippen molar-refractivity contribution in [1.82, 2.24) is 0 Å². The van der Waals surface area contributed by atoms with Crippen LogP contribution in [0, 0.1) is 24.2 Å². The lowest BCUT2D eigenvalue weighted by atomic mass is 9.99. The molecule has 0 saturated carbocycles. The third kappa shape index (κ3) is 4.05. The van der Waals surface area contributed by atoms with Crippen molar-refractivity contribution in [2.24, 2.45) is 11.8 Å². The average molecular weight is 126 g/mol. The fraction of sp³-hybridized carbons (Fsp3) is 0.750. The molecule has 0 rings (SSSR count). The molecule has 0 aliphatic heterocycles. The first kappa shape index (κ1) is 8.52. The maximum absolute atomic E-state index is 8.61. The van der Waals surface area contributed by atoms with Crippen LogP contribution in [0.2, 0.25) is 0 Å². The van der Waals surface area contributed by atoms with Gasteiger partial charge in [-0.05, 0) is 12.3 Å². The summed E-state index contributed by atoms with van der Waals surface area (Å²) in [5.74, 6) is 3.26. The van der Waals surface area contributed by atoms with Crippen LogP contribution in [0.1, 0.15) is 20.3 Å². The van der Waals surface area contributed by atoms with Crippen LogP contribution in [0.15, 0.2) is 0 Å². The topological polar surface area (TPSA) is 20.2 Å². The van der Waals surface area contributed by atoms with Crippen LogP contribution in [0.25, 0.3) is 0 Å². The lowest BCUT2D eigenvalue weighted by molar-refractivity contribution is 0.223. The zero-order chi connectivity index (χ0) is 7.28. The molecule has 0 fully saturated rings. The van der Waals surface area contributed by atoms with Gasteiger partial charge in [-0.1, -0.05) is 13.8 Å². The van der Waals surface area contributed by atoms with E-state index in [0.29, 0.717) is 11.8 Å². The second kappa shape index (κ2) is 4.40. The van der Waals surface area contributed by atoms with Crippen LogP contribution in [0.4, 0.5) is 0 Å². The van der Waals surface area contributed by atoms with Crippen molar-refractivity contribution in [3.63, 3.8) is 0 Å². The average Bonchev–Trinajstić information content (AvgIpc) is 1.87. The molecule has 0 aliphatic carbocycles. The van der Waals surface area contributed by atoms with Gasteiger partial charge in [0.2, 0.25) is 0 Å². The minimum atomic E-state index is 0.242. The third-order valence-electron chi connectivity index (χ3n) is 1.35. The number of aliphatic hydroxyl groups excluding tert-OH is 1.